The maximum atomic E-state index is 4.59. The summed E-state index contributed by atoms with van der Waals surface area (Å²) in [6, 6.07) is 13.1. The minimum atomic E-state index is -1.33. The standard InChI is InChI=1S/C21H21N3SSi/c1-14-9-16(6-8-20(14)26(2,3)4)21-17-7-5-15(19-11-25-13-24-19)10-18(17)22-12-23-21/h5-13H,1-4H3. The topological polar surface area (TPSA) is 38.7 Å². The van der Waals surface area contributed by atoms with Crippen LogP contribution in [-0.4, -0.2) is 23.0 Å². The molecule has 0 unspecified atom stereocenters. The molecule has 0 radical (unpaired) electrons. The summed E-state index contributed by atoms with van der Waals surface area (Å²) in [5.41, 5.74) is 8.39. The Kier molecular flexibility index (Phi) is 4.21. The first kappa shape index (κ1) is 17.1. The third-order valence-electron chi connectivity index (χ3n) is 4.67. The van der Waals surface area contributed by atoms with E-state index in [2.05, 4.69) is 83.3 Å². The monoisotopic (exact) mass is 375 g/mol. The van der Waals surface area contributed by atoms with E-state index in [0.717, 1.165) is 33.4 Å². The molecule has 130 valence electrons. The molecule has 0 aliphatic heterocycles. The lowest BCUT2D eigenvalue weighted by Gasteiger charge is -2.20. The van der Waals surface area contributed by atoms with E-state index < -0.39 is 8.07 Å². The summed E-state index contributed by atoms with van der Waals surface area (Å²) in [6.45, 7) is 9.36. The van der Waals surface area contributed by atoms with E-state index in [0.29, 0.717) is 0 Å². The zero-order chi connectivity index (χ0) is 18.3. The molecule has 0 bridgehead atoms. The maximum absolute atomic E-state index is 4.59. The molecule has 2 heterocycles. The van der Waals surface area contributed by atoms with E-state index in [1.165, 1.54) is 10.8 Å². The third kappa shape index (κ3) is 3.08. The Balaban J connectivity index is 1.83. The number of aryl methyl sites for hydroxylation is 1. The Hall–Kier alpha value is -2.37. The van der Waals surface area contributed by atoms with Gasteiger partial charge in [-0.3, -0.25) is 0 Å². The van der Waals surface area contributed by atoms with Crippen molar-refractivity contribution in [2.24, 2.45) is 0 Å². The smallest absolute Gasteiger partial charge is 0.116 e. The molecule has 0 aliphatic carbocycles. The van der Waals surface area contributed by atoms with Crippen LogP contribution in [0.25, 0.3) is 33.4 Å². The van der Waals surface area contributed by atoms with Crippen LogP contribution in [0.15, 0.2) is 53.6 Å². The SMILES string of the molecule is Cc1cc(-c2ncnc3cc(-c4cscn4)ccc23)ccc1[Si](C)(C)C. The minimum absolute atomic E-state index is 0.951. The van der Waals surface area contributed by atoms with Crippen LogP contribution in [0.5, 0.6) is 0 Å². The molecule has 26 heavy (non-hydrogen) atoms. The number of rotatable bonds is 3. The predicted octanol–water partition coefficient (Wildman–Crippen LogP) is 5.27. The first-order valence-corrected chi connectivity index (χ1v) is 13.1. The maximum Gasteiger partial charge on any atom is 0.116 e. The van der Waals surface area contributed by atoms with Gasteiger partial charge in [-0.2, -0.15) is 0 Å². The summed E-state index contributed by atoms with van der Waals surface area (Å²) in [6.07, 6.45) is 1.66. The van der Waals surface area contributed by atoms with Gasteiger partial charge in [-0.1, -0.05) is 48.6 Å². The fraction of sp³-hybridized carbons (Fsp3) is 0.190. The van der Waals surface area contributed by atoms with Gasteiger partial charge >= 0.3 is 0 Å². The van der Waals surface area contributed by atoms with Crippen molar-refractivity contribution in [3.63, 3.8) is 0 Å². The summed E-state index contributed by atoms with van der Waals surface area (Å²) in [5.74, 6) is 0. The quantitative estimate of drug-likeness (QED) is 0.458. The lowest BCUT2D eigenvalue weighted by Crippen LogP contribution is -2.39. The van der Waals surface area contributed by atoms with Gasteiger partial charge < -0.3 is 0 Å². The summed E-state index contributed by atoms with van der Waals surface area (Å²) >= 11 is 1.60. The van der Waals surface area contributed by atoms with Gasteiger partial charge in [0, 0.05) is 21.9 Å². The van der Waals surface area contributed by atoms with Gasteiger partial charge in [0.1, 0.15) is 6.33 Å². The molecule has 0 fully saturated rings. The minimum Gasteiger partial charge on any atom is -0.245 e. The summed E-state index contributed by atoms with van der Waals surface area (Å²) in [4.78, 5) is 13.5. The Morgan fingerprint density at radius 2 is 1.69 bits per heavy atom. The number of thiazole rings is 1. The molecule has 2 aromatic carbocycles. The molecule has 0 aliphatic rings. The van der Waals surface area contributed by atoms with E-state index >= 15 is 0 Å². The van der Waals surface area contributed by atoms with Crippen LogP contribution in [-0.2, 0) is 0 Å². The molecular formula is C21H21N3SSi. The zero-order valence-electron chi connectivity index (χ0n) is 15.4. The largest absolute Gasteiger partial charge is 0.245 e. The van der Waals surface area contributed by atoms with E-state index in [1.807, 2.05) is 5.51 Å². The predicted molar refractivity (Wildman–Crippen MR) is 114 cm³/mol. The van der Waals surface area contributed by atoms with Crippen LogP contribution in [0.3, 0.4) is 0 Å². The highest BCUT2D eigenvalue weighted by atomic mass is 32.1. The molecule has 0 saturated heterocycles. The lowest BCUT2D eigenvalue weighted by atomic mass is 10.0. The number of hydrogen-bond acceptors (Lipinski definition) is 4. The second-order valence-electron chi connectivity index (χ2n) is 7.61. The van der Waals surface area contributed by atoms with Crippen molar-refractivity contribution < 1.29 is 0 Å². The van der Waals surface area contributed by atoms with E-state index in [-0.39, 0.29) is 0 Å². The Labute approximate surface area is 158 Å². The van der Waals surface area contributed by atoms with Crippen molar-refractivity contribution in [1.29, 1.82) is 0 Å². The molecular weight excluding hydrogens is 354 g/mol. The summed E-state index contributed by atoms with van der Waals surface area (Å²) in [7, 11) is -1.33. The van der Waals surface area contributed by atoms with Crippen molar-refractivity contribution in [3.05, 3.63) is 59.2 Å². The van der Waals surface area contributed by atoms with Crippen LogP contribution < -0.4 is 5.19 Å². The number of fused-ring (bicyclic) bond motifs is 1. The number of benzene rings is 2. The Morgan fingerprint density at radius 3 is 2.38 bits per heavy atom. The molecule has 3 nitrogen and oxygen atoms in total. The molecule has 0 saturated carbocycles. The molecule has 0 N–H and O–H groups in total. The average molecular weight is 376 g/mol. The van der Waals surface area contributed by atoms with Gasteiger partial charge in [0.25, 0.3) is 0 Å². The van der Waals surface area contributed by atoms with Crippen molar-refractivity contribution in [2.75, 3.05) is 0 Å². The third-order valence-corrected chi connectivity index (χ3v) is 7.44. The highest BCUT2D eigenvalue weighted by Gasteiger charge is 2.19. The lowest BCUT2D eigenvalue weighted by molar-refractivity contribution is 1.22. The molecule has 2 aromatic heterocycles. The van der Waals surface area contributed by atoms with Gasteiger partial charge in [-0.05, 0) is 25.1 Å². The van der Waals surface area contributed by atoms with Crippen LogP contribution >= 0.6 is 11.3 Å². The van der Waals surface area contributed by atoms with Crippen LogP contribution in [0, 0.1) is 6.92 Å². The van der Waals surface area contributed by atoms with Crippen molar-refractivity contribution in [1.82, 2.24) is 15.0 Å². The fourth-order valence-electron chi connectivity index (χ4n) is 3.45. The van der Waals surface area contributed by atoms with Gasteiger partial charge in [-0.15, -0.1) is 11.3 Å². The van der Waals surface area contributed by atoms with Crippen molar-refractivity contribution in [3.8, 4) is 22.5 Å². The first-order valence-electron chi connectivity index (χ1n) is 8.68. The summed E-state index contributed by atoms with van der Waals surface area (Å²) < 4.78 is 0. The van der Waals surface area contributed by atoms with Crippen LogP contribution in [0.4, 0.5) is 0 Å². The van der Waals surface area contributed by atoms with Crippen molar-refractivity contribution >= 4 is 35.5 Å². The van der Waals surface area contributed by atoms with Crippen LogP contribution in [0.1, 0.15) is 5.56 Å². The molecule has 5 heteroatoms. The molecule has 0 atom stereocenters. The molecule has 4 aromatic rings. The van der Waals surface area contributed by atoms with Gasteiger partial charge in [-0.25, -0.2) is 15.0 Å². The van der Waals surface area contributed by atoms with E-state index in [4.69, 9.17) is 0 Å². The van der Waals surface area contributed by atoms with E-state index in [9.17, 15) is 0 Å². The number of aromatic nitrogens is 3. The molecule has 0 amide bonds. The highest BCUT2D eigenvalue weighted by molar-refractivity contribution is 7.07. The zero-order valence-corrected chi connectivity index (χ0v) is 17.3. The van der Waals surface area contributed by atoms with E-state index in [1.54, 1.807) is 17.7 Å². The Morgan fingerprint density at radius 1 is 0.885 bits per heavy atom. The average Bonchev–Trinajstić information content (AvgIpc) is 3.14. The number of nitrogens with zero attached hydrogens (tertiary/aromatic N) is 3. The highest BCUT2D eigenvalue weighted by Crippen LogP contribution is 2.29. The molecule has 4 rings (SSSR count). The summed E-state index contributed by atoms with van der Waals surface area (Å²) in [5, 5.41) is 4.64. The van der Waals surface area contributed by atoms with Gasteiger partial charge in [0.05, 0.1) is 30.5 Å². The van der Waals surface area contributed by atoms with Gasteiger partial charge in [0.15, 0.2) is 0 Å². The molecule has 0 spiro atoms. The Bertz CT molecular complexity index is 1080. The van der Waals surface area contributed by atoms with Crippen molar-refractivity contribution in [2.45, 2.75) is 26.6 Å². The first-order chi connectivity index (χ1) is 12.4. The normalized spacial score (nSPS) is 11.8. The van der Waals surface area contributed by atoms with Gasteiger partial charge in [0.2, 0.25) is 0 Å². The second-order valence-corrected chi connectivity index (χ2v) is 13.4. The fourth-order valence-corrected chi connectivity index (χ4v) is 5.85. The second kappa shape index (κ2) is 6.41. The van der Waals surface area contributed by atoms with Crippen LogP contribution in [0.2, 0.25) is 19.6 Å². The number of hydrogen-bond donors (Lipinski definition) is 0.